The van der Waals surface area contributed by atoms with Crippen LogP contribution >= 0.6 is 0 Å². The third kappa shape index (κ3) is 3.94. The lowest BCUT2D eigenvalue weighted by Crippen LogP contribution is -2.40. The highest BCUT2D eigenvalue weighted by Gasteiger charge is 2.11. The number of amides is 1. The number of hydrogen-bond acceptors (Lipinski definition) is 4. The van der Waals surface area contributed by atoms with E-state index in [4.69, 9.17) is 5.73 Å². The number of nitrogens with one attached hydrogen (secondary N) is 1. The molecular formula is C11H18N4O. The van der Waals surface area contributed by atoms with Crippen LogP contribution in [0.4, 0.5) is 0 Å². The molecule has 1 amide bonds. The van der Waals surface area contributed by atoms with Crippen LogP contribution in [0, 0.1) is 6.92 Å². The molecular weight excluding hydrogens is 204 g/mol. The zero-order valence-electron chi connectivity index (χ0n) is 9.73. The van der Waals surface area contributed by atoms with Gasteiger partial charge in [0.15, 0.2) is 0 Å². The third-order valence-electron chi connectivity index (χ3n) is 2.21. The van der Waals surface area contributed by atoms with Crippen molar-refractivity contribution in [3.63, 3.8) is 0 Å². The summed E-state index contributed by atoms with van der Waals surface area (Å²) in [7, 11) is 0. The van der Waals surface area contributed by atoms with Gasteiger partial charge in [-0.25, -0.2) is 0 Å². The van der Waals surface area contributed by atoms with Crippen molar-refractivity contribution in [2.75, 3.05) is 0 Å². The molecule has 0 unspecified atom stereocenters. The molecule has 0 aromatic carbocycles. The van der Waals surface area contributed by atoms with Crippen LogP contribution in [0.3, 0.4) is 0 Å². The van der Waals surface area contributed by atoms with Crippen molar-refractivity contribution in [1.82, 2.24) is 15.3 Å². The molecule has 0 fully saturated rings. The molecule has 0 aliphatic heterocycles. The molecule has 1 aromatic rings. The predicted molar refractivity (Wildman–Crippen MR) is 61.5 cm³/mol. The molecule has 0 radical (unpaired) electrons. The summed E-state index contributed by atoms with van der Waals surface area (Å²) in [4.78, 5) is 19.7. The lowest BCUT2D eigenvalue weighted by Gasteiger charge is -2.10. The fourth-order valence-corrected chi connectivity index (χ4v) is 1.26. The molecule has 1 aromatic heterocycles. The molecule has 1 rings (SSSR count). The second-order valence-electron chi connectivity index (χ2n) is 3.76. The van der Waals surface area contributed by atoms with Gasteiger partial charge < -0.3 is 11.1 Å². The lowest BCUT2D eigenvalue weighted by atomic mass is 10.2. The van der Waals surface area contributed by atoms with Crippen molar-refractivity contribution >= 4 is 5.91 Å². The van der Waals surface area contributed by atoms with Gasteiger partial charge in [-0.15, -0.1) is 0 Å². The number of rotatable bonds is 5. The maximum atomic E-state index is 11.5. The van der Waals surface area contributed by atoms with Gasteiger partial charge in [0.25, 0.3) is 0 Å². The topological polar surface area (TPSA) is 80.9 Å². The summed E-state index contributed by atoms with van der Waals surface area (Å²) >= 11 is 0. The van der Waals surface area contributed by atoms with Crippen LogP contribution in [0.15, 0.2) is 12.4 Å². The van der Waals surface area contributed by atoms with Crippen molar-refractivity contribution in [3.8, 4) is 0 Å². The van der Waals surface area contributed by atoms with Gasteiger partial charge in [0, 0.05) is 6.20 Å². The van der Waals surface area contributed by atoms with Gasteiger partial charge in [0.2, 0.25) is 5.91 Å². The van der Waals surface area contributed by atoms with Crippen molar-refractivity contribution in [2.45, 2.75) is 39.3 Å². The molecule has 0 saturated carbocycles. The highest BCUT2D eigenvalue weighted by Crippen LogP contribution is 1.96. The minimum Gasteiger partial charge on any atom is -0.349 e. The molecule has 88 valence electrons. The number of nitrogens with two attached hydrogens (primary N) is 1. The SMILES string of the molecule is CCC[C@H](N)C(=O)NCc1cnc(C)cn1. The van der Waals surface area contributed by atoms with Crippen molar-refractivity contribution in [2.24, 2.45) is 5.73 Å². The molecule has 0 aliphatic rings. The Morgan fingerprint density at radius 1 is 1.50 bits per heavy atom. The summed E-state index contributed by atoms with van der Waals surface area (Å²) in [5, 5.41) is 2.74. The second-order valence-corrected chi connectivity index (χ2v) is 3.76. The Morgan fingerprint density at radius 3 is 2.81 bits per heavy atom. The van der Waals surface area contributed by atoms with E-state index in [9.17, 15) is 4.79 Å². The van der Waals surface area contributed by atoms with E-state index in [1.54, 1.807) is 12.4 Å². The van der Waals surface area contributed by atoms with Crippen LogP contribution in [0.1, 0.15) is 31.2 Å². The van der Waals surface area contributed by atoms with Crippen LogP contribution in [-0.2, 0) is 11.3 Å². The van der Waals surface area contributed by atoms with Gasteiger partial charge in [-0.2, -0.15) is 0 Å². The van der Waals surface area contributed by atoms with Gasteiger partial charge in [-0.05, 0) is 13.3 Å². The zero-order chi connectivity index (χ0) is 12.0. The number of nitrogens with zero attached hydrogens (tertiary/aromatic N) is 2. The molecule has 0 bridgehead atoms. The maximum Gasteiger partial charge on any atom is 0.237 e. The summed E-state index contributed by atoms with van der Waals surface area (Å²) in [6.07, 6.45) is 4.93. The molecule has 3 N–H and O–H groups in total. The smallest absolute Gasteiger partial charge is 0.237 e. The minimum absolute atomic E-state index is 0.135. The Kier molecular flexibility index (Phi) is 4.85. The Bertz CT molecular complexity index is 336. The summed E-state index contributed by atoms with van der Waals surface area (Å²) < 4.78 is 0. The van der Waals surface area contributed by atoms with E-state index < -0.39 is 6.04 Å². The van der Waals surface area contributed by atoms with Gasteiger partial charge in [0.1, 0.15) is 0 Å². The van der Waals surface area contributed by atoms with E-state index in [1.165, 1.54) is 0 Å². The fourth-order valence-electron chi connectivity index (χ4n) is 1.26. The van der Waals surface area contributed by atoms with Gasteiger partial charge in [-0.3, -0.25) is 14.8 Å². The molecule has 0 saturated heterocycles. The summed E-state index contributed by atoms with van der Waals surface area (Å²) in [6.45, 7) is 4.24. The first-order valence-electron chi connectivity index (χ1n) is 5.44. The lowest BCUT2D eigenvalue weighted by molar-refractivity contribution is -0.122. The molecule has 0 aliphatic carbocycles. The van der Waals surface area contributed by atoms with E-state index in [0.29, 0.717) is 13.0 Å². The largest absolute Gasteiger partial charge is 0.349 e. The van der Waals surface area contributed by atoms with E-state index in [1.807, 2.05) is 13.8 Å². The van der Waals surface area contributed by atoms with Crippen molar-refractivity contribution in [3.05, 3.63) is 23.8 Å². The first kappa shape index (κ1) is 12.6. The van der Waals surface area contributed by atoms with Gasteiger partial charge in [-0.1, -0.05) is 13.3 Å². The normalized spacial score (nSPS) is 12.2. The average molecular weight is 222 g/mol. The van der Waals surface area contributed by atoms with Crippen molar-refractivity contribution < 1.29 is 4.79 Å². The minimum atomic E-state index is -0.427. The first-order valence-corrected chi connectivity index (χ1v) is 5.44. The van der Waals surface area contributed by atoms with E-state index in [-0.39, 0.29) is 5.91 Å². The van der Waals surface area contributed by atoms with E-state index in [2.05, 4.69) is 15.3 Å². The predicted octanol–water partition coefficient (Wildman–Crippen LogP) is 0.529. The zero-order valence-corrected chi connectivity index (χ0v) is 9.73. The Hall–Kier alpha value is -1.49. The Balaban J connectivity index is 2.39. The molecule has 0 spiro atoms. The molecule has 1 atom stereocenters. The van der Waals surface area contributed by atoms with Crippen LogP contribution in [0.2, 0.25) is 0 Å². The standard InChI is InChI=1S/C11H18N4O/c1-3-4-10(12)11(16)15-7-9-6-13-8(2)5-14-9/h5-6,10H,3-4,7,12H2,1-2H3,(H,15,16)/t10-/m0/s1. The quantitative estimate of drug-likeness (QED) is 0.761. The number of carbonyl (C=O) groups excluding carboxylic acids is 1. The highest BCUT2D eigenvalue weighted by atomic mass is 16.2. The van der Waals surface area contributed by atoms with Gasteiger partial charge in [0.05, 0.1) is 30.2 Å². The monoisotopic (exact) mass is 222 g/mol. The first-order chi connectivity index (χ1) is 7.63. The molecule has 16 heavy (non-hydrogen) atoms. The number of carbonyl (C=O) groups is 1. The Labute approximate surface area is 95.5 Å². The van der Waals surface area contributed by atoms with Crippen molar-refractivity contribution in [1.29, 1.82) is 0 Å². The van der Waals surface area contributed by atoms with Crippen LogP contribution in [0.25, 0.3) is 0 Å². The number of aromatic nitrogens is 2. The fraction of sp³-hybridized carbons (Fsp3) is 0.545. The van der Waals surface area contributed by atoms with Crippen LogP contribution in [0.5, 0.6) is 0 Å². The molecule has 1 heterocycles. The van der Waals surface area contributed by atoms with Crippen LogP contribution < -0.4 is 11.1 Å². The van der Waals surface area contributed by atoms with Gasteiger partial charge >= 0.3 is 0 Å². The third-order valence-corrected chi connectivity index (χ3v) is 2.21. The van der Waals surface area contributed by atoms with Crippen LogP contribution in [-0.4, -0.2) is 21.9 Å². The second kappa shape index (κ2) is 6.17. The number of aryl methyl sites for hydroxylation is 1. The highest BCUT2D eigenvalue weighted by molar-refractivity contribution is 5.81. The van der Waals surface area contributed by atoms with E-state index >= 15 is 0 Å². The molecule has 5 heteroatoms. The molecule has 5 nitrogen and oxygen atoms in total. The summed E-state index contributed by atoms with van der Waals surface area (Å²) in [5.41, 5.74) is 7.27. The summed E-state index contributed by atoms with van der Waals surface area (Å²) in [6, 6.07) is -0.427. The summed E-state index contributed by atoms with van der Waals surface area (Å²) in [5.74, 6) is -0.135. The Morgan fingerprint density at radius 2 is 2.25 bits per heavy atom. The van der Waals surface area contributed by atoms with E-state index in [0.717, 1.165) is 17.8 Å². The number of hydrogen-bond donors (Lipinski definition) is 2. The average Bonchev–Trinajstić information content (AvgIpc) is 2.28. The maximum absolute atomic E-state index is 11.5.